The molecule has 182 valence electrons. The molecule has 0 aromatic heterocycles. The molecule has 0 aromatic rings. The van der Waals surface area contributed by atoms with Gasteiger partial charge in [-0.3, -0.25) is 9.59 Å². The van der Waals surface area contributed by atoms with Crippen LogP contribution in [0.4, 0.5) is 8.78 Å². The molecule has 0 unspecified atom stereocenters. The van der Waals surface area contributed by atoms with Gasteiger partial charge in [0.05, 0.1) is 6.10 Å². The number of hydrogen-bond acceptors (Lipinski definition) is 5. The van der Waals surface area contributed by atoms with Gasteiger partial charge in [0.15, 0.2) is 23.0 Å². The number of ether oxygens (including phenoxy) is 2. The fraction of sp³-hybridized carbons (Fsp3) is 0.769. The van der Waals surface area contributed by atoms with Crippen molar-refractivity contribution in [2.24, 2.45) is 28.6 Å². The summed E-state index contributed by atoms with van der Waals surface area (Å²) in [4.78, 5) is 25.4. The van der Waals surface area contributed by atoms with Gasteiger partial charge in [0.25, 0.3) is 0 Å². The third kappa shape index (κ3) is 2.62. The summed E-state index contributed by atoms with van der Waals surface area (Å²) in [5.74, 6) is -3.15. The highest BCUT2D eigenvalue weighted by Crippen LogP contribution is 2.73. The van der Waals surface area contributed by atoms with Crippen LogP contribution < -0.4 is 0 Å². The molecule has 3 saturated carbocycles. The lowest BCUT2D eigenvalue weighted by Crippen LogP contribution is -2.66. The summed E-state index contributed by atoms with van der Waals surface area (Å²) in [7, 11) is 0. The lowest BCUT2D eigenvalue weighted by Gasteiger charge is -2.60. The van der Waals surface area contributed by atoms with Crippen LogP contribution in [0.5, 0.6) is 0 Å². The van der Waals surface area contributed by atoms with Gasteiger partial charge in [-0.2, -0.15) is 0 Å². The summed E-state index contributed by atoms with van der Waals surface area (Å²) >= 11 is 0. The van der Waals surface area contributed by atoms with Crippen molar-refractivity contribution < 1.29 is 33.0 Å². The largest absolute Gasteiger partial charge is 0.388 e. The van der Waals surface area contributed by atoms with E-state index in [1.165, 1.54) is 12.2 Å². The van der Waals surface area contributed by atoms with Crippen LogP contribution in [0.3, 0.4) is 0 Å². The second-order valence-electron chi connectivity index (χ2n) is 11.7. The van der Waals surface area contributed by atoms with Crippen LogP contribution in [0.25, 0.3) is 0 Å². The number of allylic oxidation sites excluding steroid dienone is 4. The lowest BCUT2D eigenvalue weighted by molar-refractivity contribution is -0.230. The Morgan fingerprint density at radius 2 is 1.91 bits per heavy atom. The van der Waals surface area contributed by atoms with E-state index in [1.54, 1.807) is 26.8 Å². The number of rotatable bonds is 2. The molecule has 0 aromatic carbocycles. The number of hydrogen-bond donors (Lipinski definition) is 1. The van der Waals surface area contributed by atoms with Crippen molar-refractivity contribution >= 4 is 11.6 Å². The third-order valence-electron chi connectivity index (χ3n) is 9.79. The van der Waals surface area contributed by atoms with Crippen molar-refractivity contribution in [3.05, 3.63) is 23.8 Å². The highest BCUT2D eigenvalue weighted by molar-refractivity contribution is 6.01. The second kappa shape index (κ2) is 6.82. The Balaban J connectivity index is 1.67. The van der Waals surface area contributed by atoms with E-state index in [4.69, 9.17) is 9.47 Å². The van der Waals surface area contributed by atoms with E-state index in [-0.39, 0.29) is 23.7 Å². The van der Waals surface area contributed by atoms with E-state index in [0.29, 0.717) is 19.3 Å². The van der Waals surface area contributed by atoms with Gasteiger partial charge in [-0.25, -0.2) is 8.78 Å². The summed E-state index contributed by atoms with van der Waals surface area (Å²) in [5, 5.41) is 9.90. The highest BCUT2D eigenvalue weighted by Gasteiger charge is 2.79. The first kappa shape index (κ1) is 23.3. The van der Waals surface area contributed by atoms with Gasteiger partial charge in [-0.05, 0) is 81.9 Å². The van der Waals surface area contributed by atoms with E-state index >= 15 is 8.78 Å². The Morgan fingerprint density at radius 1 is 1.21 bits per heavy atom. The minimum Gasteiger partial charge on any atom is -0.388 e. The van der Waals surface area contributed by atoms with Gasteiger partial charge < -0.3 is 14.6 Å². The van der Waals surface area contributed by atoms with Crippen LogP contribution >= 0.6 is 0 Å². The number of aliphatic hydroxyl groups is 1. The van der Waals surface area contributed by atoms with Crippen LogP contribution in [-0.2, 0) is 19.1 Å². The molecule has 0 radical (unpaired) electrons. The lowest BCUT2D eigenvalue weighted by atomic mass is 9.46. The van der Waals surface area contributed by atoms with Gasteiger partial charge >= 0.3 is 0 Å². The summed E-state index contributed by atoms with van der Waals surface area (Å²) in [6, 6.07) is 0. The Bertz CT molecular complexity index is 974. The van der Waals surface area contributed by atoms with Gasteiger partial charge in [0.1, 0.15) is 18.4 Å². The van der Waals surface area contributed by atoms with Crippen molar-refractivity contribution in [3.63, 3.8) is 0 Å². The van der Waals surface area contributed by atoms with Gasteiger partial charge in [-0.1, -0.05) is 19.9 Å². The fourth-order valence-corrected chi connectivity index (χ4v) is 8.64. The summed E-state index contributed by atoms with van der Waals surface area (Å²) < 4.78 is 45.6. The average Bonchev–Trinajstić information content (AvgIpc) is 3.11. The van der Waals surface area contributed by atoms with Gasteiger partial charge in [0.2, 0.25) is 0 Å². The Labute approximate surface area is 193 Å². The molecule has 1 heterocycles. The van der Waals surface area contributed by atoms with Crippen molar-refractivity contribution in [2.75, 3.05) is 6.61 Å². The molecule has 0 amide bonds. The molecule has 0 spiro atoms. The molecule has 5 aliphatic rings. The summed E-state index contributed by atoms with van der Waals surface area (Å²) in [6.45, 7) is 8.33. The van der Waals surface area contributed by atoms with Crippen molar-refractivity contribution in [1.29, 1.82) is 0 Å². The number of alkyl halides is 2. The maximum absolute atomic E-state index is 17.6. The van der Waals surface area contributed by atoms with Crippen molar-refractivity contribution in [1.82, 2.24) is 0 Å². The molecule has 7 heteroatoms. The fourth-order valence-electron chi connectivity index (χ4n) is 8.64. The van der Waals surface area contributed by atoms with Gasteiger partial charge in [0, 0.05) is 10.8 Å². The van der Waals surface area contributed by atoms with Crippen molar-refractivity contribution in [3.8, 4) is 0 Å². The molecular formula is C26H34F2O5. The predicted molar refractivity (Wildman–Crippen MR) is 117 cm³/mol. The zero-order chi connectivity index (χ0) is 24.2. The topological polar surface area (TPSA) is 72.8 Å². The molecule has 33 heavy (non-hydrogen) atoms. The number of ketones is 2. The van der Waals surface area contributed by atoms with Crippen LogP contribution in [0, 0.1) is 28.6 Å². The molecule has 1 saturated heterocycles. The Kier molecular flexibility index (Phi) is 4.82. The number of fused-ring (bicyclic) bond motifs is 7. The smallest absolute Gasteiger partial charge is 0.193 e. The second-order valence-corrected chi connectivity index (χ2v) is 11.7. The van der Waals surface area contributed by atoms with E-state index in [2.05, 4.69) is 0 Å². The molecule has 0 bridgehead atoms. The third-order valence-corrected chi connectivity index (χ3v) is 9.79. The van der Waals surface area contributed by atoms with E-state index in [9.17, 15) is 14.7 Å². The van der Waals surface area contributed by atoms with E-state index in [0.717, 1.165) is 0 Å². The molecular weight excluding hydrogens is 430 g/mol. The minimum absolute atomic E-state index is 0.122. The molecule has 1 aliphatic heterocycles. The van der Waals surface area contributed by atoms with Crippen LogP contribution in [-0.4, -0.2) is 52.6 Å². The number of carbonyl (C=O) groups is 2. The SMILES string of the molecule is C[C@H]1C[C@@]2(C)[C@@H](C[C@H]3OC(C)(C)O[C@]32C(=O)CO)[C@H]2CC[C@H](F)C3=CC(=O)C=C[C@]3(C)[C@]21F. The molecule has 4 aliphatic carbocycles. The highest BCUT2D eigenvalue weighted by atomic mass is 19.1. The first-order valence-electron chi connectivity index (χ1n) is 12.1. The number of Topliss-reactive ketones (excluding diaryl/α,β-unsaturated/α-hetero) is 1. The summed E-state index contributed by atoms with van der Waals surface area (Å²) in [6.07, 6.45) is 3.35. The molecule has 9 atom stereocenters. The normalized spacial score (nSPS) is 52.3. The van der Waals surface area contributed by atoms with Crippen LogP contribution in [0.1, 0.15) is 60.3 Å². The quantitative estimate of drug-likeness (QED) is 0.668. The zero-order valence-electron chi connectivity index (χ0n) is 20.0. The standard InChI is InChI=1S/C26H34F2O5/c1-14-12-24(5)17(11-21-26(24,20(31)13-29)33-22(2,3)32-21)16-6-7-19(27)18-10-15(30)8-9-23(18,4)25(14,16)28/h8-10,14,16-17,19,21,29H,6-7,11-13H2,1-5H3/t14-,16+,17-,19-,21+,23-,24-,25+,26+/m0/s1. The predicted octanol–water partition coefficient (Wildman–Crippen LogP) is 4.03. The molecule has 5 rings (SSSR count). The Morgan fingerprint density at radius 3 is 2.58 bits per heavy atom. The maximum atomic E-state index is 17.6. The van der Waals surface area contributed by atoms with Crippen LogP contribution in [0.2, 0.25) is 0 Å². The van der Waals surface area contributed by atoms with Crippen molar-refractivity contribution in [2.45, 2.75) is 89.6 Å². The number of carbonyl (C=O) groups excluding carboxylic acids is 2. The van der Waals surface area contributed by atoms with E-state index < -0.39 is 64.4 Å². The first-order chi connectivity index (χ1) is 15.3. The molecule has 5 nitrogen and oxygen atoms in total. The molecule has 1 N–H and O–H groups in total. The zero-order valence-corrected chi connectivity index (χ0v) is 20.0. The molecule has 4 fully saturated rings. The summed E-state index contributed by atoms with van der Waals surface area (Å²) in [5.41, 5.74) is -4.99. The van der Waals surface area contributed by atoms with E-state index in [1.807, 2.05) is 13.8 Å². The minimum atomic E-state index is -1.81. The first-order valence-corrected chi connectivity index (χ1v) is 12.1. The maximum Gasteiger partial charge on any atom is 0.193 e. The number of halogens is 2. The Hall–Kier alpha value is -1.44. The average molecular weight is 465 g/mol. The van der Waals surface area contributed by atoms with Crippen LogP contribution in [0.15, 0.2) is 23.8 Å². The van der Waals surface area contributed by atoms with Gasteiger partial charge in [-0.15, -0.1) is 0 Å². The number of aliphatic hydroxyl groups excluding tert-OH is 1. The monoisotopic (exact) mass is 464 g/mol.